The third kappa shape index (κ3) is 5.07. The van der Waals surface area contributed by atoms with Gasteiger partial charge >= 0.3 is 0 Å². The summed E-state index contributed by atoms with van der Waals surface area (Å²) in [6, 6.07) is 55.0. The molecule has 3 aromatic heterocycles. The smallest absolute Gasteiger partial charge is 0.164 e. The average molecular weight is 735 g/mol. The van der Waals surface area contributed by atoms with Crippen LogP contribution in [0.2, 0.25) is 0 Å². The van der Waals surface area contributed by atoms with Gasteiger partial charge in [0.15, 0.2) is 23.1 Å². The van der Waals surface area contributed by atoms with Gasteiger partial charge in [-0.1, -0.05) is 127 Å². The van der Waals surface area contributed by atoms with Crippen LogP contribution in [0.5, 0.6) is 0 Å². The maximum absolute atomic E-state index is 7.02. The fourth-order valence-electron chi connectivity index (χ4n) is 9.14. The molecule has 12 rings (SSSR count). The number of fused-ring (bicyclic) bond motifs is 9. The summed E-state index contributed by atoms with van der Waals surface area (Å²) in [5, 5.41) is 4.24. The summed E-state index contributed by atoms with van der Waals surface area (Å²) in [4.78, 5) is 17.4. The topological polar surface area (TPSA) is 68.2 Å². The first-order valence-corrected chi connectivity index (χ1v) is 19.6. The van der Waals surface area contributed by atoms with Gasteiger partial charge < -0.3 is 13.7 Å². The monoisotopic (exact) mass is 734 g/mol. The predicted octanol–water partition coefficient (Wildman–Crippen LogP) is 13.3. The number of hydrogen-bond acceptors (Lipinski definition) is 6. The molecule has 4 heterocycles. The molecule has 0 spiro atoms. The van der Waals surface area contributed by atoms with Crippen LogP contribution < -0.4 is 4.90 Å². The minimum absolute atomic E-state index is 0.361. The fourth-order valence-corrected chi connectivity index (χ4v) is 9.14. The molecule has 7 aromatic carbocycles. The highest BCUT2D eigenvalue weighted by molar-refractivity contribution is 6.14. The fraction of sp³-hybridized carbons (Fsp3) is 0.0784. The number of para-hydroxylation sites is 3. The van der Waals surface area contributed by atoms with Crippen LogP contribution in [-0.2, 0) is 0 Å². The van der Waals surface area contributed by atoms with E-state index in [1.54, 1.807) is 0 Å². The Bertz CT molecular complexity index is 3160. The summed E-state index contributed by atoms with van der Waals surface area (Å²) in [6.07, 6.45) is 6.93. The van der Waals surface area contributed by atoms with E-state index in [4.69, 9.17) is 23.8 Å². The van der Waals surface area contributed by atoms with Crippen LogP contribution in [-0.4, -0.2) is 21.0 Å². The van der Waals surface area contributed by atoms with E-state index >= 15 is 0 Å². The SMILES string of the molecule is C1=CC2c3ccccc3N(c3cccc4c3oc3c(-c5ccc6oc7ccc(-c8nc(-c9ccccc9)nc(-c9ccccc9)n8)cc7c6c5)cccc34)C2CC1. The number of aromatic nitrogens is 3. The number of furan rings is 2. The van der Waals surface area contributed by atoms with Crippen molar-refractivity contribution in [3.63, 3.8) is 0 Å². The lowest BCUT2D eigenvalue weighted by Crippen LogP contribution is -2.30. The first-order chi connectivity index (χ1) is 28.2. The van der Waals surface area contributed by atoms with Gasteiger partial charge in [-0.05, 0) is 66.4 Å². The van der Waals surface area contributed by atoms with E-state index in [9.17, 15) is 0 Å². The highest BCUT2D eigenvalue weighted by Crippen LogP contribution is 2.51. The van der Waals surface area contributed by atoms with Gasteiger partial charge in [0.25, 0.3) is 0 Å². The summed E-state index contributed by atoms with van der Waals surface area (Å²) < 4.78 is 13.4. The van der Waals surface area contributed by atoms with Gasteiger partial charge in [-0.15, -0.1) is 0 Å². The van der Waals surface area contributed by atoms with Crippen molar-refractivity contribution in [1.82, 2.24) is 15.0 Å². The summed E-state index contributed by atoms with van der Waals surface area (Å²) >= 11 is 0. The normalized spacial score (nSPS) is 16.2. The van der Waals surface area contributed by atoms with Crippen molar-refractivity contribution in [3.8, 4) is 45.3 Å². The molecule has 2 unspecified atom stereocenters. The first kappa shape index (κ1) is 32.0. The number of rotatable bonds is 5. The predicted molar refractivity (Wildman–Crippen MR) is 230 cm³/mol. The van der Waals surface area contributed by atoms with Crippen LogP contribution in [0, 0.1) is 0 Å². The van der Waals surface area contributed by atoms with Crippen molar-refractivity contribution in [3.05, 3.63) is 175 Å². The zero-order valence-corrected chi connectivity index (χ0v) is 30.8. The van der Waals surface area contributed by atoms with Gasteiger partial charge in [0, 0.05) is 61.4 Å². The molecule has 0 amide bonds. The number of allylic oxidation sites excluding steroid dienone is 1. The van der Waals surface area contributed by atoms with E-state index in [0.29, 0.717) is 29.4 Å². The van der Waals surface area contributed by atoms with Crippen LogP contribution in [0.25, 0.3) is 89.2 Å². The average Bonchev–Trinajstić information content (AvgIpc) is 3.96. The summed E-state index contributed by atoms with van der Waals surface area (Å²) in [6.45, 7) is 0. The second-order valence-corrected chi connectivity index (χ2v) is 15.0. The van der Waals surface area contributed by atoms with E-state index in [-0.39, 0.29) is 0 Å². The Morgan fingerprint density at radius 2 is 1.07 bits per heavy atom. The molecule has 10 aromatic rings. The number of hydrogen-bond donors (Lipinski definition) is 0. The summed E-state index contributed by atoms with van der Waals surface area (Å²) in [7, 11) is 0. The molecule has 0 bridgehead atoms. The van der Waals surface area contributed by atoms with Crippen molar-refractivity contribution in [2.45, 2.75) is 24.8 Å². The third-order valence-electron chi connectivity index (χ3n) is 11.8. The largest absolute Gasteiger partial charge is 0.456 e. The Hall–Kier alpha value is -7.31. The second-order valence-electron chi connectivity index (χ2n) is 15.0. The summed E-state index contributed by atoms with van der Waals surface area (Å²) in [5.41, 5.74) is 12.1. The Morgan fingerprint density at radius 1 is 0.474 bits per heavy atom. The van der Waals surface area contributed by atoms with Crippen molar-refractivity contribution in [2.75, 3.05) is 4.90 Å². The molecule has 0 N–H and O–H groups in total. The molecule has 6 heteroatoms. The Morgan fingerprint density at radius 3 is 1.81 bits per heavy atom. The molecule has 0 radical (unpaired) electrons. The molecule has 6 nitrogen and oxygen atoms in total. The van der Waals surface area contributed by atoms with E-state index in [0.717, 1.165) is 90.2 Å². The molecular formula is C51H34N4O2. The molecule has 270 valence electrons. The lowest BCUT2D eigenvalue weighted by Gasteiger charge is -2.31. The van der Waals surface area contributed by atoms with Crippen LogP contribution >= 0.6 is 0 Å². The van der Waals surface area contributed by atoms with Gasteiger partial charge in [0.1, 0.15) is 16.7 Å². The minimum Gasteiger partial charge on any atom is -0.456 e. The molecular weight excluding hydrogens is 701 g/mol. The highest BCUT2D eigenvalue weighted by atomic mass is 16.3. The first-order valence-electron chi connectivity index (χ1n) is 19.6. The number of anilines is 2. The van der Waals surface area contributed by atoms with Crippen molar-refractivity contribution in [2.24, 2.45) is 0 Å². The number of benzene rings is 7. The molecule has 1 aliphatic carbocycles. The van der Waals surface area contributed by atoms with Crippen LogP contribution in [0.3, 0.4) is 0 Å². The molecule has 57 heavy (non-hydrogen) atoms. The lowest BCUT2D eigenvalue weighted by atomic mass is 9.87. The van der Waals surface area contributed by atoms with Crippen molar-refractivity contribution < 1.29 is 8.83 Å². The quantitative estimate of drug-likeness (QED) is 0.164. The zero-order chi connectivity index (χ0) is 37.5. The molecule has 0 fully saturated rings. The number of nitrogens with zero attached hydrogens (tertiary/aromatic N) is 4. The van der Waals surface area contributed by atoms with Gasteiger partial charge in [0.2, 0.25) is 0 Å². The van der Waals surface area contributed by atoms with Crippen LogP contribution in [0.15, 0.2) is 179 Å². The molecule has 2 atom stereocenters. The standard InChI is InChI=1S/C51H34N4O2/c1-3-13-31(14-4-1)49-52-50(32-15-5-2-6-16-32)54-51(53-49)34-26-28-46-41(30-34)40-29-33(25-27-45(40)56-46)35-19-11-20-38-39-21-12-24-44(48(39)57-47(35)38)55-42-22-9-7-17-36(42)37-18-8-10-23-43(37)55/h1-9,11-22,24-30,37,43H,10,23H2. The van der Waals surface area contributed by atoms with E-state index in [1.165, 1.54) is 11.3 Å². The van der Waals surface area contributed by atoms with Gasteiger partial charge in [-0.2, -0.15) is 0 Å². The third-order valence-corrected chi connectivity index (χ3v) is 11.8. The van der Waals surface area contributed by atoms with Gasteiger partial charge in [-0.25, -0.2) is 15.0 Å². The van der Waals surface area contributed by atoms with E-state index < -0.39 is 0 Å². The van der Waals surface area contributed by atoms with Crippen LogP contribution in [0.4, 0.5) is 11.4 Å². The van der Waals surface area contributed by atoms with Gasteiger partial charge in [0.05, 0.1) is 5.69 Å². The van der Waals surface area contributed by atoms with E-state index in [1.807, 2.05) is 72.8 Å². The maximum Gasteiger partial charge on any atom is 0.164 e. The summed E-state index contributed by atoms with van der Waals surface area (Å²) in [5.74, 6) is 2.24. The minimum atomic E-state index is 0.361. The lowest BCUT2D eigenvalue weighted by molar-refractivity contribution is 0.563. The Kier molecular flexibility index (Phi) is 7.08. The molecule has 0 saturated heterocycles. The molecule has 0 saturated carbocycles. The van der Waals surface area contributed by atoms with Gasteiger partial charge in [-0.3, -0.25) is 0 Å². The Balaban J connectivity index is 0.990. The molecule has 2 aliphatic rings. The van der Waals surface area contributed by atoms with Crippen molar-refractivity contribution in [1.29, 1.82) is 0 Å². The van der Waals surface area contributed by atoms with Crippen molar-refractivity contribution >= 4 is 55.3 Å². The maximum atomic E-state index is 7.02. The van der Waals surface area contributed by atoms with E-state index in [2.05, 4.69) is 102 Å². The zero-order valence-electron chi connectivity index (χ0n) is 30.8. The highest BCUT2D eigenvalue weighted by Gasteiger charge is 2.39. The van der Waals surface area contributed by atoms with Crippen LogP contribution in [0.1, 0.15) is 24.3 Å². The molecule has 1 aliphatic heterocycles. The Labute approximate surface area is 328 Å². The second kappa shape index (κ2) is 12.6.